The van der Waals surface area contributed by atoms with Gasteiger partial charge < -0.3 is 9.64 Å². The average molecular weight is 265 g/mol. The van der Waals surface area contributed by atoms with E-state index in [0.29, 0.717) is 24.8 Å². The maximum Gasteiger partial charge on any atom is 0.322 e. The van der Waals surface area contributed by atoms with Crippen LogP contribution < -0.4 is 20.9 Å². The average Bonchev–Trinajstić information content (AvgIpc) is 2.42. The molecule has 0 aliphatic carbocycles. The van der Waals surface area contributed by atoms with Gasteiger partial charge in [-0.05, 0) is 5.92 Å². The number of anilines is 2. The van der Waals surface area contributed by atoms with E-state index >= 15 is 0 Å². The molecule has 1 heterocycles. The molecule has 1 aromatic rings. The van der Waals surface area contributed by atoms with E-state index in [2.05, 4.69) is 40.3 Å². The summed E-state index contributed by atoms with van der Waals surface area (Å²) in [7, 11) is 1.47. The summed E-state index contributed by atoms with van der Waals surface area (Å²) in [6.45, 7) is 5.45. The zero-order chi connectivity index (χ0) is 14.3. The molecule has 0 fully saturated rings. The fraction of sp³-hybridized carbons (Fsp3) is 0.636. The Morgan fingerprint density at radius 2 is 2.16 bits per heavy atom. The Morgan fingerprint density at radius 3 is 2.68 bits per heavy atom. The van der Waals surface area contributed by atoms with Crippen molar-refractivity contribution < 1.29 is 4.74 Å². The first-order valence-electron chi connectivity index (χ1n) is 5.99. The number of nitrogens with one attached hydrogen (secondary N) is 1. The van der Waals surface area contributed by atoms with Gasteiger partial charge in [0.05, 0.1) is 19.6 Å². The van der Waals surface area contributed by atoms with Crippen LogP contribution in [0.15, 0.2) is 0 Å². The van der Waals surface area contributed by atoms with Crippen molar-refractivity contribution in [2.45, 2.75) is 20.3 Å². The Labute approximate surface area is 112 Å². The van der Waals surface area contributed by atoms with E-state index in [9.17, 15) is 0 Å². The second kappa shape index (κ2) is 7.33. The minimum absolute atomic E-state index is 0.184. The number of nitrogens with two attached hydrogens (primary N) is 1. The molecule has 3 N–H and O–H groups in total. The third-order valence-electron chi connectivity index (χ3n) is 2.28. The molecule has 1 aromatic heterocycles. The lowest BCUT2D eigenvalue weighted by Gasteiger charge is -2.23. The van der Waals surface area contributed by atoms with Crippen LogP contribution in [0.3, 0.4) is 0 Å². The summed E-state index contributed by atoms with van der Waals surface area (Å²) in [6, 6.07) is 2.30. The summed E-state index contributed by atoms with van der Waals surface area (Å²) in [5.41, 5.74) is 2.37. The third-order valence-corrected chi connectivity index (χ3v) is 2.28. The number of nitrogens with zero attached hydrogens (tertiary/aromatic N) is 5. The van der Waals surface area contributed by atoms with Gasteiger partial charge in [-0.2, -0.15) is 20.2 Å². The molecule has 0 atom stereocenters. The van der Waals surface area contributed by atoms with Gasteiger partial charge in [0.2, 0.25) is 11.9 Å². The third kappa shape index (κ3) is 4.56. The second-order valence-corrected chi connectivity index (χ2v) is 4.34. The molecular formula is C11H19N7O. The molecule has 0 spiro atoms. The molecule has 0 unspecified atom stereocenters. The van der Waals surface area contributed by atoms with Crippen molar-refractivity contribution in [3.8, 4) is 12.1 Å². The molecular weight excluding hydrogens is 246 g/mol. The number of methoxy groups -OCH3 is 1. The van der Waals surface area contributed by atoms with Crippen molar-refractivity contribution in [1.29, 1.82) is 5.26 Å². The minimum Gasteiger partial charge on any atom is -0.467 e. The number of nitrogen functional groups attached to an aromatic ring is 1. The summed E-state index contributed by atoms with van der Waals surface area (Å²) in [4.78, 5) is 14.2. The lowest BCUT2D eigenvalue weighted by molar-refractivity contribution is 0.378. The maximum atomic E-state index is 8.71. The molecule has 0 aliphatic heterocycles. The van der Waals surface area contributed by atoms with E-state index in [4.69, 9.17) is 15.8 Å². The highest BCUT2D eigenvalue weighted by Crippen LogP contribution is 2.16. The van der Waals surface area contributed by atoms with E-state index in [1.54, 1.807) is 0 Å². The predicted octanol–water partition coefficient (Wildman–Crippen LogP) is 0.542. The molecule has 104 valence electrons. The molecule has 0 saturated heterocycles. The van der Waals surface area contributed by atoms with Crippen LogP contribution in [0.4, 0.5) is 11.9 Å². The predicted molar refractivity (Wildman–Crippen MR) is 71.5 cm³/mol. The number of hydrazine groups is 1. The van der Waals surface area contributed by atoms with E-state index in [1.807, 2.05) is 4.90 Å². The number of ether oxygens (including phenoxy) is 1. The van der Waals surface area contributed by atoms with Crippen LogP contribution in [-0.4, -0.2) is 35.2 Å². The topological polar surface area (TPSA) is 113 Å². The molecule has 0 aromatic carbocycles. The second-order valence-electron chi connectivity index (χ2n) is 4.34. The number of hydrogen-bond donors (Lipinski definition) is 2. The van der Waals surface area contributed by atoms with Crippen LogP contribution in [0, 0.1) is 17.2 Å². The van der Waals surface area contributed by atoms with Crippen LogP contribution in [-0.2, 0) is 0 Å². The monoisotopic (exact) mass is 265 g/mol. The van der Waals surface area contributed by atoms with Crippen molar-refractivity contribution in [2.75, 3.05) is 30.5 Å². The molecule has 0 saturated carbocycles. The fourth-order valence-electron chi connectivity index (χ4n) is 1.54. The molecule has 8 nitrogen and oxygen atoms in total. The van der Waals surface area contributed by atoms with Crippen molar-refractivity contribution in [1.82, 2.24) is 15.0 Å². The molecule has 8 heteroatoms. The highest BCUT2D eigenvalue weighted by molar-refractivity contribution is 5.37. The number of hydrogen-bond acceptors (Lipinski definition) is 8. The molecule has 19 heavy (non-hydrogen) atoms. The number of aromatic nitrogens is 3. The molecule has 0 radical (unpaired) electrons. The first-order valence-corrected chi connectivity index (χ1v) is 5.99. The summed E-state index contributed by atoms with van der Waals surface area (Å²) in [5.74, 6) is 6.40. The standard InChI is InChI=1S/C11H19N7O/c1-8(2)7-18(6-4-5-12)10-14-9(17-13)15-11(16-10)19-3/h8H,4,6-7,13H2,1-3H3,(H,14,15,16,17). The van der Waals surface area contributed by atoms with Gasteiger partial charge >= 0.3 is 6.01 Å². The number of nitriles is 1. The smallest absolute Gasteiger partial charge is 0.322 e. The highest BCUT2D eigenvalue weighted by atomic mass is 16.5. The van der Waals surface area contributed by atoms with Gasteiger partial charge in [-0.15, -0.1) is 0 Å². The summed E-state index contributed by atoms with van der Waals surface area (Å²) in [5, 5.41) is 8.71. The maximum absolute atomic E-state index is 8.71. The Hall–Kier alpha value is -2.14. The van der Waals surface area contributed by atoms with Crippen molar-refractivity contribution in [3.05, 3.63) is 0 Å². The van der Waals surface area contributed by atoms with Gasteiger partial charge in [0, 0.05) is 13.1 Å². The van der Waals surface area contributed by atoms with Gasteiger partial charge in [0.15, 0.2) is 0 Å². The van der Waals surface area contributed by atoms with Gasteiger partial charge in [0.1, 0.15) is 0 Å². The molecule has 1 rings (SSSR count). The van der Waals surface area contributed by atoms with Gasteiger partial charge in [-0.3, -0.25) is 5.43 Å². The lowest BCUT2D eigenvalue weighted by Crippen LogP contribution is -2.31. The van der Waals surface area contributed by atoms with E-state index in [-0.39, 0.29) is 12.0 Å². The van der Waals surface area contributed by atoms with Crippen molar-refractivity contribution in [2.24, 2.45) is 11.8 Å². The number of rotatable bonds is 7. The quantitative estimate of drug-likeness (QED) is 0.542. The normalized spacial score (nSPS) is 10.1. The van der Waals surface area contributed by atoms with Gasteiger partial charge in [-0.1, -0.05) is 13.8 Å². The Morgan fingerprint density at radius 1 is 1.42 bits per heavy atom. The molecule has 0 bridgehead atoms. The van der Waals surface area contributed by atoms with Gasteiger partial charge in [0.25, 0.3) is 0 Å². The van der Waals surface area contributed by atoms with Crippen LogP contribution in [0.5, 0.6) is 6.01 Å². The Kier molecular flexibility index (Phi) is 5.75. The Balaban J connectivity index is 3.02. The van der Waals surface area contributed by atoms with Crippen molar-refractivity contribution in [3.63, 3.8) is 0 Å². The lowest BCUT2D eigenvalue weighted by atomic mass is 10.2. The van der Waals surface area contributed by atoms with E-state index in [1.165, 1.54) is 7.11 Å². The zero-order valence-corrected chi connectivity index (χ0v) is 11.4. The summed E-state index contributed by atoms with van der Waals surface area (Å²) >= 11 is 0. The van der Waals surface area contributed by atoms with Crippen LogP contribution >= 0.6 is 0 Å². The van der Waals surface area contributed by atoms with Crippen LogP contribution in [0.25, 0.3) is 0 Å². The molecule has 0 amide bonds. The zero-order valence-electron chi connectivity index (χ0n) is 11.4. The first kappa shape index (κ1) is 14.9. The van der Waals surface area contributed by atoms with Crippen molar-refractivity contribution >= 4 is 11.9 Å². The minimum atomic E-state index is 0.184. The first-order chi connectivity index (χ1) is 9.10. The van der Waals surface area contributed by atoms with E-state index < -0.39 is 0 Å². The summed E-state index contributed by atoms with van der Waals surface area (Å²) in [6.07, 6.45) is 0.395. The summed E-state index contributed by atoms with van der Waals surface area (Å²) < 4.78 is 5.01. The van der Waals surface area contributed by atoms with Crippen LogP contribution in [0.1, 0.15) is 20.3 Å². The Bertz CT molecular complexity index is 421. The fourth-order valence-corrected chi connectivity index (χ4v) is 1.54. The molecule has 0 aliphatic rings. The highest BCUT2D eigenvalue weighted by Gasteiger charge is 2.14. The van der Waals surface area contributed by atoms with Crippen LogP contribution in [0.2, 0.25) is 0 Å². The largest absolute Gasteiger partial charge is 0.467 e. The van der Waals surface area contributed by atoms with Gasteiger partial charge in [-0.25, -0.2) is 5.84 Å². The van der Waals surface area contributed by atoms with E-state index in [0.717, 1.165) is 6.54 Å². The SMILES string of the molecule is COc1nc(NN)nc(N(CCC#N)CC(C)C)n1.